The summed E-state index contributed by atoms with van der Waals surface area (Å²) in [7, 11) is 0. The molecule has 2 heterocycles. The number of benzene rings is 1. The molecule has 0 aliphatic carbocycles. The number of rotatable bonds is 5. The maximum absolute atomic E-state index is 3.65. The zero-order valence-corrected chi connectivity index (χ0v) is 14.4. The van der Waals surface area contributed by atoms with Gasteiger partial charge >= 0.3 is 0 Å². The van der Waals surface area contributed by atoms with Gasteiger partial charge in [0.1, 0.15) is 0 Å². The minimum Gasteiger partial charge on any atom is -0.309 e. The zero-order chi connectivity index (χ0) is 13.9. The Morgan fingerprint density at radius 2 is 2.05 bits per heavy atom. The Kier molecular flexibility index (Phi) is 4.56. The molecule has 0 saturated heterocycles. The van der Waals surface area contributed by atoms with E-state index in [-0.39, 0.29) is 0 Å². The Bertz CT molecular complexity index is 673. The van der Waals surface area contributed by atoms with Crippen molar-refractivity contribution in [3.63, 3.8) is 0 Å². The molecule has 0 spiro atoms. The van der Waals surface area contributed by atoms with E-state index in [0.717, 1.165) is 13.0 Å². The number of hydrogen-bond donors (Lipinski definition) is 1. The Hall–Kier alpha value is -0.680. The molecule has 2 aromatic heterocycles. The average Bonchev–Trinajstić information content (AvgIpc) is 3.01. The van der Waals surface area contributed by atoms with Crippen LogP contribution in [0.25, 0.3) is 9.40 Å². The quantitative estimate of drug-likeness (QED) is 0.618. The Balaban J connectivity index is 1.89. The predicted molar refractivity (Wildman–Crippen MR) is 94.0 cm³/mol. The van der Waals surface area contributed by atoms with Gasteiger partial charge < -0.3 is 5.32 Å². The third-order valence-electron chi connectivity index (χ3n) is 3.33. The fourth-order valence-corrected chi connectivity index (χ4v) is 5.00. The van der Waals surface area contributed by atoms with Gasteiger partial charge in [0.05, 0.1) is 0 Å². The third kappa shape index (κ3) is 2.98. The van der Waals surface area contributed by atoms with E-state index in [9.17, 15) is 0 Å². The van der Waals surface area contributed by atoms with Gasteiger partial charge in [0, 0.05) is 24.8 Å². The van der Waals surface area contributed by atoms with Crippen LogP contribution >= 0.6 is 38.6 Å². The first kappa shape index (κ1) is 14.3. The second-order valence-electron chi connectivity index (χ2n) is 4.70. The topological polar surface area (TPSA) is 12.0 Å². The van der Waals surface area contributed by atoms with E-state index in [1.807, 2.05) is 22.7 Å². The van der Waals surface area contributed by atoms with Crippen molar-refractivity contribution < 1.29 is 0 Å². The maximum Gasteiger partial charge on any atom is 0.0456 e. The Morgan fingerprint density at radius 1 is 1.20 bits per heavy atom. The van der Waals surface area contributed by atoms with Crippen molar-refractivity contribution in [3.05, 3.63) is 56.7 Å². The van der Waals surface area contributed by atoms with Crippen molar-refractivity contribution in [2.75, 3.05) is 6.54 Å². The monoisotopic (exact) mass is 365 g/mol. The van der Waals surface area contributed by atoms with Crippen LogP contribution < -0.4 is 5.32 Å². The van der Waals surface area contributed by atoms with Crippen LogP contribution in [-0.4, -0.2) is 6.54 Å². The highest BCUT2D eigenvalue weighted by Gasteiger charge is 2.16. The first-order valence-corrected chi connectivity index (χ1v) is 9.20. The molecule has 104 valence electrons. The highest BCUT2D eigenvalue weighted by Crippen LogP contribution is 2.35. The maximum atomic E-state index is 3.65. The summed E-state index contributed by atoms with van der Waals surface area (Å²) >= 11 is 7.39. The molecular weight excluding hydrogens is 350 g/mol. The molecule has 0 aliphatic rings. The molecule has 1 N–H and O–H groups in total. The predicted octanol–water partition coefficient (Wildman–Crippen LogP) is 5.62. The Labute approximate surface area is 135 Å². The van der Waals surface area contributed by atoms with Crippen molar-refractivity contribution in [1.82, 2.24) is 5.32 Å². The van der Waals surface area contributed by atoms with Gasteiger partial charge in [0.25, 0.3) is 0 Å². The molecular formula is C16H16BrNS2. The highest BCUT2D eigenvalue weighted by atomic mass is 79.9. The van der Waals surface area contributed by atoms with E-state index in [1.54, 1.807) is 0 Å². The van der Waals surface area contributed by atoms with Crippen molar-refractivity contribution in [2.24, 2.45) is 0 Å². The third-order valence-corrected chi connectivity index (χ3v) is 6.31. The van der Waals surface area contributed by atoms with Crippen LogP contribution in [0.2, 0.25) is 0 Å². The van der Waals surface area contributed by atoms with Gasteiger partial charge in [-0.15, -0.1) is 22.7 Å². The minimum absolute atomic E-state index is 0.392. The molecule has 0 bridgehead atoms. The highest BCUT2D eigenvalue weighted by molar-refractivity contribution is 9.10. The largest absolute Gasteiger partial charge is 0.309 e. The molecule has 0 radical (unpaired) electrons. The van der Waals surface area contributed by atoms with Gasteiger partial charge in [-0.05, 0) is 42.1 Å². The molecule has 1 unspecified atom stereocenters. The standard InChI is InChI=1S/C16H16BrNS2/c1-2-18-13(9-11-5-3-4-6-12(11)17)15-10-16-14(20-15)7-8-19-16/h3-8,10,13,18H,2,9H2,1H3. The number of thiophene rings is 2. The van der Waals surface area contributed by atoms with Gasteiger partial charge in [-0.1, -0.05) is 41.1 Å². The molecule has 1 aromatic carbocycles. The van der Waals surface area contributed by atoms with Gasteiger partial charge in [0.15, 0.2) is 0 Å². The number of likely N-dealkylation sites (N-methyl/N-ethyl adjacent to an activating group) is 1. The molecule has 3 aromatic rings. The van der Waals surface area contributed by atoms with E-state index in [0.29, 0.717) is 6.04 Å². The summed E-state index contributed by atoms with van der Waals surface area (Å²) < 4.78 is 4.00. The fourth-order valence-electron chi connectivity index (χ4n) is 2.36. The van der Waals surface area contributed by atoms with Gasteiger partial charge in [-0.2, -0.15) is 0 Å². The van der Waals surface area contributed by atoms with Crippen molar-refractivity contribution >= 4 is 48.0 Å². The van der Waals surface area contributed by atoms with Crippen LogP contribution in [0.3, 0.4) is 0 Å². The molecule has 1 nitrogen and oxygen atoms in total. The lowest BCUT2D eigenvalue weighted by Crippen LogP contribution is -2.22. The van der Waals surface area contributed by atoms with Crippen molar-refractivity contribution in [2.45, 2.75) is 19.4 Å². The van der Waals surface area contributed by atoms with Crippen LogP contribution in [0.5, 0.6) is 0 Å². The summed E-state index contributed by atoms with van der Waals surface area (Å²) in [5, 5.41) is 5.79. The molecule has 1 atom stereocenters. The van der Waals surface area contributed by atoms with Crippen LogP contribution in [0.4, 0.5) is 0 Å². The van der Waals surface area contributed by atoms with E-state index < -0.39 is 0 Å². The fraction of sp³-hybridized carbons (Fsp3) is 0.250. The number of halogens is 1. The lowest BCUT2D eigenvalue weighted by Gasteiger charge is -2.17. The SMILES string of the molecule is CCNC(Cc1ccccc1Br)c1cc2sccc2s1. The van der Waals surface area contributed by atoms with Crippen LogP contribution in [0, 0.1) is 0 Å². The second-order valence-corrected chi connectivity index (χ2v) is 7.62. The van der Waals surface area contributed by atoms with E-state index in [2.05, 4.69) is 69.9 Å². The van der Waals surface area contributed by atoms with Crippen LogP contribution in [-0.2, 0) is 6.42 Å². The summed E-state index contributed by atoms with van der Waals surface area (Å²) in [5.74, 6) is 0. The van der Waals surface area contributed by atoms with Gasteiger partial charge in [0.2, 0.25) is 0 Å². The van der Waals surface area contributed by atoms with E-state index >= 15 is 0 Å². The lowest BCUT2D eigenvalue weighted by molar-refractivity contribution is 0.557. The Morgan fingerprint density at radius 3 is 2.80 bits per heavy atom. The minimum atomic E-state index is 0.392. The molecule has 0 amide bonds. The first-order chi connectivity index (χ1) is 9.78. The van der Waals surface area contributed by atoms with E-state index in [4.69, 9.17) is 0 Å². The van der Waals surface area contributed by atoms with Crippen molar-refractivity contribution in [1.29, 1.82) is 0 Å². The molecule has 4 heteroatoms. The lowest BCUT2D eigenvalue weighted by atomic mass is 10.0. The van der Waals surface area contributed by atoms with Crippen molar-refractivity contribution in [3.8, 4) is 0 Å². The normalized spacial score (nSPS) is 12.9. The smallest absolute Gasteiger partial charge is 0.0456 e. The van der Waals surface area contributed by atoms with Crippen LogP contribution in [0.15, 0.2) is 46.3 Å². The summed E-state index contributed by atoms with van der Waals surface area (Å²) in [6.07, 6.45) is 1.02. The number of hydrogen-bond acceptors (Lipinski definition) is 3. The number of fused-ring (bicyclic) bond motifs is 1. The molecule has 0 aliphatic heterocycles. The summed E-state index contributed by atoms with van der Waals surface area (Å²) in [4.78, 5) is 1.43. The molecule has 3 rings (SSSR count). The molecule has 0 saturated carbocycles. The van der Waals surface area contributed by atoms with Gasteiger partial charge in [-0.25, -0.2) is 0 Å². The number of nitrogens with one attached hydrogen (secondary N) is 1. The van der Waals surface area contributed by atoms with E-state index in [1.165, 1.54) is 24.3 Å². The summed E-state index contributed by atoms with van der Waals surface area (Å²) in [6, 6.07) is 13.4. The zero-order valence-electron chi connectivity index (χ0n) is 11.2. The van der Waals surface area contributed by atoms with Gasteiger partial charge in [-0.3, -0.25) is 0 Å². The summed E-state index contributed by atoms with van der Waals surface area (Å²) in [6.45, 7) is 3.16. The van der Waals surface area contributed by atoms with Crippen LogP contribution in [0.1, 0.15) is 23.4 Å². The summed E-state index contributed by atoms with van der Waals surface area (Å²) in [5.41, 5.74) is 1.36. The second kappa shape index (κ2) is 6.39. The average molecular weight is 366 g/mol. The molecule has 20 heavy (non-hydrogen) atoms. The molecule has 0 fully saturated rings. The first-order valence-electron chi connectivity index (χ1n) is 6.71.